The van der Waals surface area contributed by atoms with Gasteiger partial charge >= 0.3 is 0 Å². The monoisotopic (exact) mass is 495 g/mol. The lowest BCUT2D eigenvalue weighted by Crippen LogP contribution is -2.25. The Bertz CT molecular complexity index is 1390. The van der Waals surface area contributed by atoms with E-state index in [0.717, 1.165) is 11.1 Å². The lowest BCUT2D eigenvalue weighted by Gasteiger charge is -2.11. The van der Waals surface area contributed by atoms with E-state index in [2.05, 4.69) is 14.9 Å². The van der Waals surface area contributed by atoms with Crippen molar-refractivity contribution in [3.8, 4) is 5.69 Å². The lowest BCUT2D eigenvalue weighted by atomic mass is 10.2. The zero-order chi connectivity index (χ0) is 24.1. The van der Waals surface area contributed by atoms with E-state index in [0.29, 0.717) is 22.4 Å². The zero-order valence-electron chi connectivity index (χ0n) is 18.2. The quantitative estimate of drug-likeness (QED) is 0.209. The summed E-state index contributed by atoms with van der Waals surface area (Å²) >= 11 is 1.44. The van der Waals surface area contributed by atoms with Gasteiger partial charge in [0, 0.05) is 23.6 Å². The first kappa shape index (κ1) is 23.6. The van der Waals surface area contributed by atoms with Crippen LogP contribution in [0.2, 0.25) is 0 Å². The molecule has 0 fully saturated rings. The second-order valence-corrected chi connectivity index (χ2v) is 10.1. The van der Waals surface area contributed by atoms with Crippen LogP contribution in [-0.4, -0.2) is 28.1 Å². The zero-order valence-corrected chi connectivity index (χ0v) is 19.8. The van der Waals surface area contributed by atoms with Crippen LogP contribution in [0.1, 0.15) is 17.0 Å². The maximum Gasteiger partial charge on any atom is 0.269 e. The first-order chi connectivity index (χ1) is 16.3. The van der Waals surface area contributed by atoms with Crippen LogP contribution in [0.15, 0.2) is 88.9 Å². The van der Waals surface area contributed by atoms with Gasteiger partial charge in [-0.25, -0.2) is 13.1 Å². The van der Waals surface area contributed by atoms with E-state index in [1.807, 2.05) is 37.3 Å². The van der Waals surface area contributed by atoms with Gasteiger partial charge in [0.2, 0.25) is 10.0 Å². The molecule has 1 aromatic heterocycles. The standard InChI is InChI=1S/C23H21N5O4S2/c1-17-7-13-21(14-8-17)34(31,32)24-15-22-25-26-23(33-16-18-5-3-2-4-6-18)27(22)19-9-11-20(12-10-19)28(29)30/h2-14,24H,15-16H2,1H3. The summed E-state index contributed by atoms with van der Waals surface area (Å²) in [7, 11) is -3.77. The number of hydrogen-bond donors (Lipinski definition) is 1. The molecule has 4 aromatic rings. The van der Waals surface area contributed by atoms with E-state index in [1.54, 1.807) is 41.0 Å². The number of thioether (sulfide) groups is 1. The van der Waals surface area contributed by atoms with Crippen molar-refractivity contribution < 1.29 is 13.3 Å². The molecule has 0 saturated carbocycles. The van der Waals surface area contributed by atoms with E-state index in [1.165, 1.54) is 23.9 Å². The SMILES string of the molecule is Cc1ccc(S(=O)(=O)NCc2nnc(SCc3ccccc3)n2-c2ccc([N+](=O)[O-])cc2)cc1. The molecule has 0 spiro atoms. The first-order valence-corrected chi connectivity index (χ1v) is 12.7. The molecule has 0 atom stereocenters. The van der Waals surface area contributed by atoms with E-state index in [4.69, 9.17) is 0 Å². The minimum atomic E-state index is -3.77. The van der Waals surface area contributed by atoms with Crippen molar-refractivity contribution in [3.05, 3.63) is 106 Å². The minimum absolute atomic E-state index is 0.0445. The summed E-state index contributed by atoms with van der Waals surface area (Å²) in [4.78, 5) is 10.7. The Morgan fingerprint density at radius 3 is 2.29 bits per heavy atom. The van der Waals surface area contributed by atoms with Crippen LogP contribution >= 0.6 is 11.8 Å². The van der Waals surface area contributed by atoms with Crippen molar-refractivity contribution in [2.45, 2.75) is 29.3 Å². The Balaban J connectivity index is 1.62. The molecule has 4 rings (SSSR count). The number of nitro benzene ring substituents is 1. The van der Waals surface area contributed by atoms with E-state index in [-0.39, 0.29) is 17.1 Å². The topological polar surface area (TPSA) is 120 Å². The summed E-state index contributed by atoms with van der Waals surface area (Å²) < 4.78 is 29.8. The number of non-ortho nitro benzene ring substituents is 1. The van der Waals surface area contributed by atoms with Gasteiger partial charge in [0.05, 0.1) is 16.4 Å². The lowest BCUT2D eigenvalue weighted by molar-refractivity contribution is -0.384. The van der Waals surface area contributed by atoms with Crippen LogP contribution < -0.4 is 4.72 Å². The fourth-order valence-electron chi connectivity index (χ4n) is 3.17. The second-order valence-electron chi connectivity index (χ2n) is 7.42. The molecule has 11 heteroatoms. The molecule has 174 valence electrons. The van der Waals surface area contributed by atoms with E-state index in [9.17, 15) is 18.5 Å². The third-order valence-corrected chi connectivity index (χ3v) is 7.40. The highest BCUT2D eigenvalue weighted by Gasteiger charge is 2.19. The van der Waals surface area contributed by atoms with Gasteiger partial charge in [-0.1, -0.05) is 59.8 Å². The van der Waals surface area contributed by atoms with Crippen molar-refractivity contribution >= 4 is 27.5 Å². The molecule has 0 aliphatic rings. The molecular formula is C23H21N5O4S2. The number of nitrogens with one attached hydrogen (secondary N) is 1. The Morgan fingerprint density at radius 1 is 0.971 bits per heavy atom. The summed E-state index contributed by atoms with van der Waals surface area (Å²) in [5, 5.41) is 20.1. The summed E-state index contributed by atoms with van der Waals surface area (Å²) in [6.07, 6.45) is 0. The molecule has 34 heavy (non-hydrogen) atoms. The fourth-order valence-corrected chi connectivity index (χ4v) is 5.08. The van der Waals surface area contributed by atoms with Crippen LogP contribution in [0.4, 0.5) is 5.69 Å². The highest BCUT2D eigenvalue weighted by Crippen LogP contribution is 2.26. The van der Waals surface area contributed by atoms with Gasteiger partial charge < -0.3 is 0 Å². The van der Waals surface area contributed by atoms with Gasteiger partial charge in [0.15, 0.2) is 11.0 Å². The number of aromatic nitrogens is 3. The summed E-state index contributed by atoms with van der Waals surface area (Å²) in [6.45, 7) is 1.78. The van der Waals surface area contributed by atoms with Gasteiger partial charge in [-0.2, -0.15) is 0 Å². The molecule has 0 aliphatic heterocycles. The fraction of sp³-hybridized carbons (Fsp3) is 0.130. The molecule has 1 heterocycles. The number of hydrogen-bond acceptors (Lipinski definition) is 7. The van der Waals surface area contributed by atoms with Crippen LogP contribution in [0.25, 0.3) is 5.69 Å². The van der Waals surface area contributed by atoms with Gasteiger partial charge in [-0.3, -0.25) is 14.7 Å². The van der Waals surface area contributed by atoms with Gasteiger partial charge in [0.25, 0.3) is 5.69 Å². The molecule has 0 saturated heterocycles. The average molecular weight is 496 g/mol. The maximum atomic E-state index is 12.8. The highest BCUT2D eigenvalue weighted by atomic mass is 32.2. The molecule has 9 nitrogen and oxygen atoms in total. The number of sulfonamides is 1. The third-order valence-electron chi connectivity index (χ3n) is 4.98. The number of benzene rings is 3. The summed E-state index contributed by atoms with van der Waals surface area (Å²) in [5.41, 5.74) is 2.59. The van der Waals surface area contributed by atoms with Crippen molar-refractivity contribution in [1.29, 1.82) is 0 Å². The Morgan fingerprint density at radius 2 is 1.65 bits per heavy atom. The van der Waals surface area contributed by atoms with Crippen molar-refractivity contribution in [2.75, 3.05) is 0 Å². The van der Waals surface area contributed by atoms with Gasteiger partial charge in [-0.15, -0.1) is 10.2 Å². The van der Waals surface area contributed by atoms with E-state index >= 15 is 0 Å². The largest absolute Gasteiger partial charge is 0.273 e. The number of nitro groups is 1. The molecular weight excluding hydrogens is 474 g/mol. The Labute approximate surface area is 201 Å². The van der Waals surface area contributed by atoms with Crippen LogP contribution in [0, 0.1) is 17.0 Å². The Hall–Kier alpha value is -3.54. The number of nitrogens with zero attached hydrogens (tertiary/aromatic N) is 4. The third kappa shape index (κ3) is 5.50. The van der Waals surface area contributed by atoms with Crippen LogP contribution in [0.3, 0.4) is 0 Å². The predicted octanol–water partition coefficient (Wildman–Crippen LogP) is 4.25. The Kier molecular flexibility index (Phi) is 7.06. The summed E-state index contributed by atoms with van der Waals surface area (Å²) in [5.74, 6) is 0.987. The highest BCUT2D eigenvalue weighted by molar-refractivity contribution is 7.98. The molecule has 1 N–H and O–H groups in total. The van der Waals surface area contributed by atoms with Crippen molar-refractivity contribution in [2.24, 2.45) is 0 Å². The number of rotatable bonds is 9. The predicted molar refractivity (Wildman–Crippen MR) is 129 cm³/mol. The molecule has 0 bridgehead atoms. The molecule has 0 amide bonds. The molecule has 0 radical (unpaired) electrons. The second kappa shape index (κ2) is 10.2. The summed E-state index contributed by atoms with van der Waals surface area (Å²) in [6, 6.07) is 22.3. The number of aryl methyl sites for hydroxylation is 1. The molecule has 0 aliphatic carbocycles. The van der Waals surface area contributed by atoms with Gasteiger partial charge in [0.1, 0.15) is 0 Å². The van der Waals surface area contributed by atoms with Crippen LogP contribution in [-0.2, 0) is 22.3 Å². The van der Waals surface area contributed by atoms with Crippen molar-refractivity contribution in [1.82, 2.24) is 19.5 Å². The van der Waals surface area contributed by atoms with Gasteiger partial charge in [-0.05, 0) is 36.8 Å². The molecule has 3 aromatic carbocycles. The average Bonchev–Trinajstić information content (AvgIpc) is 3.25. The first-order valence-electron chi connectivity index (χ1n) is 10.3. The smallest absolute Gasteiger partial charge is 0.269 e. The normalized spacial score (nSPS) is 11.4. The van der Waals surface area contributed by atoms with Crippen LogP contribution in [0.5, 0.6) is 0 Å². The molecule has 0 unspecified atom stereocenters. The van der Waals surface area contributed by atoms with Crippen molar-refractivity contribution in [3.63, 3.8) is 0 Å². The van der Waals surface area contributed by atoms with E-state index < -0.39 is 14.9 Å². The minimum Gasteiger partial charge on any atom is -0.273 e. The maximum absolute atomic E-state index is 12.8.